The van der Waals surface area contributed by atoms with Crippen LogP contribution in [0.25, 0.3) is 16.9 Å². The van der Waals surface area contributed by atoms with Crippen LogP contribution in [0.3, 0.4) is 0 Å². The fourth-order valence-corrected chi connectivity index (χ4v) is 6.08. The molecule has 0 fully saturated rings. The van der Waals surface area contributed by atoms with Crippen LogP contribution in [0.15, 0.2) is 78.9 Å². The van der Waals surface area contributed by atoms with Gasteiger partial charge in [-0.15, -0.1) is 11.8 Å². The molecule has 2 amide bonds. The van der Waals surface area contributed by atoms with E-state index in [4.69, 9.17) is 16.7 Å². The zero-order valence-corrected chi connectivity index (χ0v) is 22.9. The van der Waals surface area contributed by atoms with Crippen LogP contribution in [0.1, 0.15) is 35.3 Å². The van der Waals surface area contributed by atoms with Gasteiger partial charge in [-0.3, -0.25) is 14.5 Å². The number of nitrogens with zero attached hydrogens (tertiary/aromatic N) is 3. The third kappa shape index (κ3) is 5.22. The summed E-state index contributed by atoms with van der Waals surface area (Å²) in [5.41, 5.74) is 5.44. The first-order valence-electron chi connectivity index (χ1n) is 12.7. The second-order valence-electron chi connectivity index (χ2n) is 9.25. The Kier molecular flexibility index (Phi) is 7.86. The second kappa shape index (κ2) is 11.5. The number of nitrogens with one attached hydrogen (secondary N) is 1. The molecule has 1 atom stereocenters. The quantitative estimate of drug-likeness (QED) is 0.301. The van der Waals surface area contributed by atoms with Crippen molar-refractivity contribution >= 4 is 41.0 Å². The minimum atomic E-state index is -0.210. The van der Waals surface area contributed by atoms with E-state index in [0.29, 0.717) is 23.1 Å². The molecule has 0 saturated heterocycles. The first-order valence-corrected chi connectivity index (χ1v) is 14.1. The Balaban J connectivity index is 1.80. The molecule has 3 aromatic carbocycles. The molecule has 8 heteroatoms. The molecule has 0 radical (unpaired) electrons. The van der Waals surface area contributed by atoms with E-state index in [0.717, 1.165) is 34.4 Å². The Morgan fingerprint density at radius 1 is 1.08 bits per heavy atom. The number of carbonyl (C=O) groups excluding carboxylic acids is 2. The lowest BCUT2D eigenvalue weighted by Gasteiger charge is -2.23. The predicted molar refractivity (Wildman–Crippen MR) is 155 cm³/mol. The fraction of sp³-hybridized carbons (Fsp3) is 0.233. The van der Waals surface area contributed by atoms with Gasteiger partial charge in [0, 0.05) is 17.7 Å². The van der Waals surface area contributed by atoms with Gasteiger partial charge in [0.1, 0.15) is 12.4 Å². The van der Waals surface area contributed by atoms with Crippen molar-refractivity contribution in [3.8, 4) is 16.9 Å². The Hall–Kier alpha value is -3.55. The third-order valence-corrected chi connectivity index (χ3v) is 8.01. The van der Waals surface area contributed by atoms with Gasteiger partial charge in [0.05, 0.1) is 27.4 Å². The monoisotopic (exact) mass is 544 g/mol. The van der Waals surface area contributed by atoms with Gasteiger partial charge < -0.3 is 5.32 Å². The first kappa shape index (κ1) is 26.1. The van der Waals surface area contributed by atoms with Crippen molar-refractivity contribution < 1.29 is 9.59 Å². The summed E-state index contributed by atoms with van der Waals surface area (Å²) in [6.45, 7) is 4.51. The zero-order chi connectivity index (χ0) is 26.6. The lowest BCUT2D eigenvalue weighted by molar-refractivity contribution is -0.122. The SMILES string of the molecule is CCCNC(=O)CN1C(=O)CSC(c2cccc(C)c2)c2c(-c3ccccc3)nn(-c3ccccc3Cl)c21. The molecule has 0 bridgehead atoms. The van der Waals surface area contributed by atoms with E-state index in [1.807, 2.05) is 61.5 Å². The highest BCUT2D eigenvalue weighted by molar-refractivity contribution is 8.00. The third-order valence-electron chi connectivity index (χ3n) is 6.44. The number of carbonyl (C=O) groups is 2. The summed E-state index contributed by atoms with van der Waals surface area (Å²) in [6, 6.07) is 25.7. The maximum Gasteiger partial charge on any atom is 0.240 e. The van der Waals surface area contributed by atoms with Crippen LogP contribution in [0, 0.1) is 6.92 Å². The fourth-order valence-electron chi connectivity index (χ4n) is 4.68. The number of rotatable bonds is 7. The number of hydrogen-bond acceptors (Lipinski definition) is 4. The second-order valence-corrected chi connectivity index (χ2v) is 10.8. The summed E-state index contributed by atoms with van der Waals surface area (Å²) in [6.07, 6.45) is 0.811. The highest BCUT2D eigenvalue weighted by Gasteiger charge is 2.38. The molecule has 0 aliphatic carbocycles. The lowest BCUT2D eigenvalue weighted by atomic mass is 9.98. The minimum absolute atomic E-state index is 0.0999. The number of para-hydroxylation sites is 1. The topological polar surface area (TPSA) is 67.2 Å². The molecule has 1 unspecified atom stereocenters. The van der Waals surface area contributed by atoms with Gasteiger partial charge in [-0.25, -0.2) is 4.68 Å². The van der Waals surface area contributed by atoms with Crippen molar-refractivity contribution in [3.05, 3.63) is 101 Å². The number of halogens is 1. The van der Waals surface area contributed by atoms with Gasteiger partial charge in [0.2, 0.25) is 11.8 Å². The van der Waals surface area contributed by atoms with Crippen molar-refractivity contribution in [1.82, 2.24) is 15.1 Å². The Labute approximate surface area is 232 Å². The van der Waals surface area contributed by atoms with E-state index in [1.165, 1.54) is 0 Å². The minimum Gasteiger partial charge on any atom is -0.355 e. The highest BCUT2D eigenvalue weighted by Crippen LogP contribution is 2.49. The molecule has 194 valence electrons. The van der Waals surface area contributed by atoms with Crippen LogP contribution in [0.5, 0.6) is 0 Å². The van der Waals surface area contributed by atoms with Crippen molar-refractivity contribution in [2.45, 2.75) is 25.5 Å². The number of anilines is 1. The average Bonchev–Trinajstić information content (AvgIpc) is 3.24. The number of aromatic nitrogens is 2. The van der Waals surface area contributed by atoms with Crippen LogP contribution in [-0.4, -0.2) is 40.4 Å². The molecule has 4 aromatic rings. The highest BCUT2D eigenvalue weighted by atomic mass is 35.5. The van der Waals surface area contributed by atoms with E-state index in [1.54, 1.807) is 27.4 Å². The van der Waals surface area contributed by atoms with Crippen molar-refractivity contribution in [2.24, 2.45) is 0 Å². The molecule has 1 N–H and O–H groups in total. The number of amides is 2. The van der Waals surface area contributed by atoms with Gasteiger partial charge in [-0.1, -0.05) is 90.8 Å². The number of aryl methyl sites for hydroxylation is 1. The first-order chi connectivity index (χ1) is 18.5. The largest absolute Gasteiger partial charge is 0.355 e. The maximum absolute atomic E-state index is 13.7. The van der Waals surface area contributed by atoms with Crippen LogP contribution >= 0.6 is 23.4 Å². The van der Waals surface area contributed by atoms with Crippen molar-refractivity contribution in [2.75, 3.05) is 23.7 Å². The molecule has 1 aliphatic heterocycles. The van der Waals surface area contributed by atoms with Crippen molar-refractivity contribution in [3.63, 3.8) is 0 Å². The molecule has 0 saturated carbocycles. The smallest absolute Gasteiger partial charge is 0.240 e. The van der Waals surface area contributed by atoms with Gasteiger partial charge in [-0.2, -0.15) is 5.10 Å². The zero-order valence-electron chi connectivity index (χ0n) is 21.4. The number of fused-ring (bicyclic) bond motifs is 1. The predicted octanol–water partition coefficient (Wildman–Crippen LogP) is 6.20. The van der Waals surface area contributed by atoms with Crippen LogP contribution < -0.4 is 10.2 Å². The summed E-state index contributed by atoms with van der Waals surface area (Å²) in [7, 11) is 0. The Morgan fingerprint density at radius 2 is 1.84 bits per heavy atom. The number of benzene rings is 3. The van der Waals surface area contributed by atoms with Crippen molar-refractivity contribution in [1.29, 1.82) is 0 Å². The summed E-state index contributed by atoms with van der Waals surface area (Å²) >= 11 is 8.24. The number of thioether (sulfide) groups is 1. The molecule has 6 nitrogen and oxygen atoms in total. The summed E-state index contributed by atoms with van der Waals surface area (Å²) < 4.78 is 1.74. The molecular formula is C30H29ClN4O2S. The summed E-state index contributed by atoms with van der Waals surface area (Å²) in [5.74, 6) is 0.444. The maximum atomic E-state index is 13.7. The van der Waals surface area contributed by atoms with E-state index < -0.39 is 0 Å². The van der Waals surface area contributed by atoms with Gasteiger partial charge in [0.15, 0.2) is 0 Å². The normalized spacial score (nSPS) is 15.2. The molecule has 1 aliphatic rings. The molecular weight excluding hydrogens is 516 g/mol. The van der Waals surface area contributed by atoms with Gasteiger partial charge in [0.25, 0.3) is 0 Å². The van der Waals surface area contributed by atoms with E-state index >= 15 is 0 Å². The molecule has 0 spiro atoms. The lowest BCUT2D eigenvalue weighted by Crippen LogP contribution is -2.42. The number of hydrogen-bond donors (Lipinski definition) is 1. The van der Waals surface area contributed by atoms with E-state index in [-0.39, 0.29) is 29.4 Å². The average molecular weight is 545 g/mol. The molecule has 1 aromatic heterocycles. The van der Waals surface area contributed by atoms with Gasteiger partial charge in [-0.05, 0) is 31.0 Å². The summed E-state index contributed by atoms with van der Waals surface area (Å²) in [4.78, 5) is 28.2. The van der Waals surface area contributed by atoms with Crippen LogP contribution in [0.2, 0.25) is 5.02 Å². The van der Waals surface area contributed by atoms with Crippen LogP contribution in [-0.2, 0) is 9.59 Å². The van der Waals surface area contributed by atoms with E-state index in [2.05, 4.69) is 30.4 Å². The molecule has 2 heterocycles. The van der Waals surface area contributed by atoms with Crippen LogP contribution in [0.4, 0.5) is 5.82 Å². The Morgan fingerprint density at radius 3 is 2.58 bits per heavy atom. The Bertz CT molecular complexity index is 1470. The molecule has 38 heavy (non-hydrogen) atoms. The standard InChI is InChI=1S/C30H29ClN4O2S/c1-3-16-32-25(36)18-34-26(37)19-38-29(22-13-9-10-20(2)17-22)27-28(21-11-5-4-6-12-21)33-35(30(27)34)24-15-8-7-14-23(24)31/h4-15,17,29H,3,16,18-19H2,1-2H3,(H,32,36). The van der Waals surface area contributed by atoms with Gasteiger partial charge >= 0.3 is 0 Å². The van der Waals surface area contributed by atoms with E-state index in [9.17, 15) is 9.59 Å². The summed E-state index contributed by atoms with van der Waals surface area (Å²) in [5, 5.41) is 8.32. The molecule has 5 rings (SSSR count).